The van der Waals surface area contributed by atoms with Gasteiger partial charge < -0.3 is 4.98 Å². The molecule has 3 rings (SSSR count). The van der Waals surface area contributed by atoms with E-state index in [2.05, 4.69) is 11.9 Å². The molecule has 18 heavy (non-hydrogen) atoms. The molecule has 0 radical (unpaired) electrons. The molecule has 0 saturated heterocycles. The maximum atomic E-state index is 12.4. The summed E-state index contributed by atoms with van der Waals surface area (Å²) in [6.07, 6.45) is 3.76. The third-order valence-electron chi connectivity index (χ3n) is 4.05. The summed E-state index contributed by atoms with van der Waals surface area (Å²) >= 11 is 6.80. The molecule has 0 amide bonds. The number of fused-ring (bicyclic) bond motifs is 1. The lowest BCUT2D eigenvalue weighted by Crippen LogP contribution is -2.26. The van der Waals surface area contributed by atoms with Gasteiger partial charge in [-0.3, -0.25) is 9.36 Å². The van der Waals surface area contributed by atoms with Crippen LogP contribution in [-0.4, -0.2) is 9.55 Å². The number of rotatable bonds is 2. The Hall–Kier alpha value is -0.940. The van der Waals surface area contributed by atoms with Crippen molar-refractivity contribution in [2.45, 2.75) is 32.7 Å². The molecule has 0 aliphatic heterocycles. The second-order valence-electron chi connectivity index (χ2n) is 5.18. The summed E-state index contributed by atoms with van der Waals surface area (Å²) in [6.45, 7) is 3.04. The van der Waals surface area contributed by atoms with E-state index in [9.17, 15) is 4.79 Å². The lowest BCUT2D eigenvalue weighted by molar-refractivity contribution is 0.356. The van der Waals surface area contributed by atoms with Crippen LogP contribution in [0.3, 0.4) is 0 Å². The van der Waals surface area contributed by atoms with Crippen LogP contribution < -0.4 is 5.56 Å². The standard InChI is InChI=1S/C13H16N2OS2/c1-8-3-2-4-9(8)7-15-12(16)11-10(5-6-18-11)14-13(15)17/h5-6,8-9H,2-4,7H2,1H3,(H,14,17). The molecule has 0 bridgehead atoms. The summed E-state index contributed by atoms with van der Waals surface area (Å²) < 4.78 is 3.10. The van der Waals surface area contributed by atoms with Crippen LogP contribution in [0.5, 0.6) is 0 Å². The molecule has 2 atom stereocenters. The Morgan fingerprint density at radius 2 is 2.39 bits per heavy atom. The van der Waals surface area contributed by atoms with E-state index < -0.39 is 0 Å². The van der Waals surface area contributed by atoms with E-state index in [1.807, 2.05) is 11.4 Å². The Kier molecular flexibility index (Phi) is 3.11. The first-order valence-electron chi connectivity index (χ1n) is 6.37. The molecular weight excluding hydrogens is 264 g/mol. The topological polar surface area (TPSA) is 37.8 Å². The molecule has 0 spiro atoms. The van der Waals surface area contributed by atoms with Crippen LogP contribution in [-0.2, 0) is 6.54 Å². The van der Waals surface area contributed by atoms with Crippen LogP contribution in [0.4, 0.5) is 0 Å². The molecule has 2 aromatic rings. The zero-order valence-electron chi connectivity index (χ0n) is 10.3. The predicted molar refractivity (Wildman–Crippen MR) is 77.8 cm³/mol. The van der Waals surface area contributed by atoms with Gasteiger partial charge in [0.2, 0.25) is 0 Å². The van der Waals surface area contributed by atoms with Gasteiger partial charge in [0.25, 0.3) is 5.56 Å². The lowest BCUT2D eigenvalue weighted by Gasteiger charge is -2.16. The molecule has 1 saturated carbocycles. The Balaban J connectivity index is 2.06. The molecule has 0 aromatic carbocycles. The second kappa shape index (κ2) is 4.63. The molecule has 1 aliphatic rings. The molecule has 96 valence electrons. The fourth-order valence-electron chi connectivity index (χ4n) is 2.86. The zero-order valence-corrected chi connectivity index (χ0v) is 11.9. The first-order valence-corrected chi connectivity index (χ1v) is 7.66. The third-order valence-corrected chi connectivity index (χ3v) is 5.27. The summed E-state index contributed by atoms with van der Waals surface area (Å²) in [4.78, 5) is 15.5. The van der Waals surface area contributed by atoms with Gasteiger partial charge in [0.05, 0.1) is 5.52 Å². The van der Waals surface area contributed by atoms with Crippen LogP contribution in [0.1, 0.15) is 26.2 Å². The highest BCUT2D eigenvalue weighted by atomic mass is 32.1. The molecule has 1 N–H and O–H groups in total. The maximum Gasteiger partial charge on any atom is 0.272 e. The molecule has 5 heteroatoms. The van der Waals surface area contributed by atoms with Crippen molar-refractivity contribution in [1.29, 1.82) is 0 Å². The van der Waals surface area contributed by atoms with E-state index in [1.165, 1.54) is 30.6 Å². The molecule has 1 fully saturated rings. The van der Waals surface area contributed by atoms with Gasteiger partial charge in [0.15, 0.2) is 4.77 Å². The number of nitrogens with zero attached hydrogens (tertiary/aromatic N) is 1. The van der Waals surface area contributed by atoms with Gasteiger partial charge in [-0.2, -0.15) is 0 Å². The minimum absolute atomic E-state index is 0.0721. The number of aromatic nitrogens is 2. The van der Waals surface area contributed by atoms with Gasteiger partial charge in [0, 0.05) is 6.54 Å². The number of hydrogen-bond donors (Lipinski definition) is 1. The van der Waals surface area contributed by atoms with Crippen molar-refractivity contribution in [2.75, 3.05) is 0 Å². The first kappa shape index (κ1) is 12.1. The molecule has 2 aromatic heterocycles. The van der Waals surface area contributed by atoms with E-state index >= 15 is 0 Å². The highest BCUT2D eigenvalue weighted by Crippen LogP contribution is 2.32. The Morgan fingerprint density at radius 3 is 3.11 bits per heavy atom. The molecule has 2 unspecified atom stereocenters. The quantitative estimate of drug-likeness (QED) is 0.854. The van der Waals surface area contributed by atoms with Crippen molar-refractivity contribution >= 4 is 33.8 Å². The van der Waals surface area contributed by atoms with Gasteiger partial charge in [-0.25, -0.2) is 0 Å². The van der Waals surface area contributed by atoms with Crippen molar-refractivity contribution in [3.8, 4) is 0 Å². The highest BCUT2D eigenvalue weighted by Gasteiger charge is 2.24. The SMILES string of the molecule is CC1CCCC1Cn1c(=S)[nH]c2ccsc2c1=O. The fourth-order valence-corrected chi connectivity index (χ4v) is 3.93. The lowest BCUT2D eigenvalue weighted by atomic mass is 9.98. The number of hydrogen-bond acceptors (Lipinski definition) is 3. The largest absolute Gasteiger partial charge is 0.331 e. The average molecular weight is 280 g/mol. The number of thiophene rings is 1. The minimum atomic E-state index is 0.0721. The number of aromatic amines is 1. The van der Waals surface area contributed by atoms with Crippen LogP contribution in [0, 0.1) is 16.6 Å². The minimum Gasteiger partial charge on any atom is -0.331 e. The maximum absolute atomic E-state index is 12.4. The number of nitrogens with one attached hydrogen (secondary N) is 1. The van der Waals surface area contributed by atoms with Gasteiger partial charge in [-0.1, -0.05) is 19.8 Å². The van der Waals surface area contributed by atoms with Gasteiger partial charge in [0.1, 0.15) is 4.70 Å². The van der Waals surface area contributed by atoms with Crippen molar-refractivity contribution < 1.29 is 0 Å². The highest BCUT2D eigenvalue weighted by molar-refractivity contribution is 7.71. The van der Waals surface area contributed by atoms with Crippen LogP contribution in [0.15, 0.2) is 16.2 Å². The first-order chi connectivity index (χ1) is 8.66. The summed E-state index contributed by atoms with van der Waals surface area (Å²) in [5.74, 6) is 1.29. The van der Waals surface area contributed by atoms with Crippen LogP contribution in [0.2, 0.25) is 0 Å². The van der Waals surface area contributed by atoms with E-state index in [4.69, 9.17) is 12.2 Å². The molecule has 2 heterocycles. The second-order valence-corrected chi connectivity index (χ2v) is 6.48. The summed E-state index contributed by atoms with van der Waals surface area (Å²) in [7, 11) is 0. The summed E-state index contributed by atoms with van der Waals surface area (Å²) in [6, 6.07) is 1.92. The van der Waals surface area contributed by atoms with E-state index in [0.29, 0.717) is 16.6 Å². The Labute approximate surface area is 114 Å². The Bertz CT molecular complexity index is 682. The van der Waals surface area contributed by atoms with E-state index in [0.717, 1.165) is 16.8 Å². The summed E-state index contributed by atoms with van der Waals surface area (Å²) in [5, 5.41) is 1.93. The predicted octanol–water partition coefficient (Wildman–Crippen LogP) is 3.56. The zero-order chi connectivity index (χ0) is 12.7. The normalized spacial score (nSPS) is 23.8. The van der Waals surface area contributed by atoms with E-state index in [1.54, 1.807) is 4.57 Å². The monoisotopic (exact) mass is 280 g/mol. The molecular formula is C13H16N2OS2. The van der Waals surface area contributed by atoms with Crippen LogP contribution >= 0.6 is 23.6 Å². The molecule has 3 nitrogen and oxygen atoms in total. The third kappa shape index (κ3) is 1.95. The van der Waals surface area contributed by atoms with Crippen molar-refractivity contribution in [2.24, 2.45) is 11.8 Å². The van der Waals surface area contributed by atoms with Crippen LogP contribution in [0.25, 0.3) is 10.2 Å². The number of H-pyrrole nitrogens is 1. The van der Waals surface area contributed by atoms with Crippen molar-refractivity contribution in [3.05, 3.63) is 26.6 Å². The van der Waals surface area contributed by atoms with E-state index in [-0.39, 0.29) is 5.56 Å². The van der Waals surface area contributed by atoms with Crippen molar-refractivity contribution in [3.63, 3.8) is 0 Å². The molecule has 1 aliphatic carbocycles. The fraction of sp³-hybridized carbons (Fsp3) is 0.538. The Morgan fingerprint density at radius 1 is 1.56 bits per heavy atom. The van der Waals surface area contributed by atoms with Crippen molar-refractivity contribution in [1.82, 2.24) is 9.55 Å². The summed E-state index contributed by atoms with van der Waals surface area (Å²) in [5.41, 5.74) is 0.938. The van der Waals surface area contributed by atoms with Gasteiger partial charge in [-0.05, 0) is 41.9 Å². The average Bonchev–Trinajstić information content (AvgIpc) is 2.94. The van der Waals surface area contributed by atoms with Gasteiger partial charge in [-0.15, -0.1) is 11.3 Å². The smallest absolute Gasteiger partial charge is 0.272 e. The van der Waals surface area contributed by atoms with Gasteiger partial charge >= 0.3 is 0 Å².